The first kappa shape index (κ1) is 21.0. The van der Waals surface area contributed by atoms with Crippen LogP contribution in [0.5, 0.6) is 0 Å². The van der Waals surface area contributed by atoms with Gasteiger partial charge in [-0.05, 0) is 37.0 Å². The Hall–Kier alpha value is -2.90. The van der Waals surface area contributed by atoms with Gasteiger partial charge in [-0.2, -0.15) is 0 Å². The largest absolute Gasteiger partial charge is 0.385 e. The van der Waals surface area contributed by atoms with Crippen LogP contribution >= 0.6 is 0 Å². The summed E-state index contributed by atoms with van der Waals surface area (Å²) >= 11 is 0. The van der Waals surface area contributed by atoms with Gasteiger partial charge in [0.25, 0.3) is 0 Å². The smallest absolute Gasteiger partial charge is 0.331 e. The molecule has 0 bridgehead atoms. The summed E-state index contributed by atoms with van der Waals surface area (Å²) in [4.78, 5) is 24.3. The van der Waals surface area contributed by atoms with Crippen LogP contribution in [0.25, 0.3) is 11.0 Å². The molecule has 0 radical (unpaired) electrons. The first-order valence-corrected chi connectivity index (χ1v) is 11.4. The van der Waals surface area contributed by atoms with E-state index < -0.39 is 5.60 Å². The molecule has 3 aromatic rings. The van der Waals surface area contributed by atoms with E-state index in [1.54, 1.807) is 9.47 Å². The number of imidazole rings is 1. The van der Waals surface area contributed by atoms with Gasteiger partial charge >= 0.3 is 6.03 Å². The van der Waals surface area contributed by atoms with E-state index in [4.69, 9.17) is 4.98 Å². The highest BCUT2D eigenvalue weighted by molar-refractivity contribution is 5.93. The van der Waals surface area contributed by atoms with Gasteiger partial charge < -0.3 is 19.8 Å². The number of anilines is 1. The van der Waals surface area contributed by atoms with Crippen molar-refractivity contribution in [2.24, 2.45) is 0 Å². The van der Waals surface area contributed by atoms with Crippen molar-refractivity contribution in [3.8, 4) is 0 Å². The molecule has 168 valence electrons. The van der Waals surface area contributed by atoms with Crippen molar-refractivity contribution in [3.63, 3.8) is 0 Å². The minimum atomic E-state index is -0.728. The highest BCUT2D eigenvalue weighted by Gasteiger charge is 2.35. The van der Waals surface area contributed by atoms with Crippen LogP contribution in [0.3, 0.4) is 0 Å². The molecular weight excluding hydrogens is 402 g/mol. The van der Waals surface area contributed by atoms with E-state index in [-0.39, 0.29) is 12.1 Å². The molecule has 7 nitrogen and oxygen atoms in total. The van der Waals surface area contributed by atoms with Crippen molar-refractivity contribution in [2.45, 2.75) is 30.9 Å². The Morgan fingerprint density at radius 3 is 2.47 bits per heavy atom. The molecule has 1 fully saturated rings. The number of likely N-dealkylation sites (N-methyl/N-ethyl adjacent to an activating group) is 2. The number of likely N-dealkylation sites (tertiary alicyclic amines) is 1. The maximum absolute atomic E-state index is 13.1. The number of rotatable bonds is 4. The van der Waals surface area contributed by atoms with E-state index >= 15 is 0 Å². The van der Waals surface area contributed by atoms with Gasteiger partial charge in [0.2, 0.25) is 5.95 Å². The molecule has 1 unspecified atom stereocenters. The summed E-state index contributed by atoms with van der Waals surface area (Å²) in [5.41, 5.74) is 1.98. The number of piperidine rings is 1. The zero-order valence-electron chi connectivity index (χ0n) is 18.8. The molecule has 1 saturated heterocycles. The molecule has 7 heteroatoms. The Morgan fingerprint density at radius 2 is 1.72 bits per heavy atom. The van der Waals surface area contributed by atoms with Crippen LogP contribution in [0.2, 0.25) is 0 Å². The summed E-state index contributed by atoms with van der Waals surface area (Å²) in [5.74, 6) is 0.711. The molecule has 0 saturated carbocycles. The Morgan fingerprint density at radius 1 is 1.03 bits per heavy atom. The third-order valence-corrected chi connectivity index (χ3v) is 7.18. The molecule has 2 aromatic carbocycles. The quantitative estimate of drug-likeness (QED) is 0.685. The SMILES string of the molecule is CN1CC(CCN2CCC(O)(c3ccccc3)CC2)N(C)c2nc3ccccc3n2C1=O. The third kappa shape index (κ3) is 3.65. The van der Waals surface area contributed by atoms with E-state index in [1.807, 2.05) is 68.7 Å². The first-order chi connectivity index (χ1) is 15.5. The van der Waals surface area contributed by atoms with Crippen LogP contribution in [0.15, 0.2) is 54.6 Å². The fourth-order valence-corrected chi connectivity index (χ4v) is 5.09. The summed E-state index contributed by atoms with van der Waals surface area (Å²) < 4.78 is 1.73. The number of carbonyl (C=O) groups is 1. The molecule has 32 heavy (non-hydrogen) atoms. The number of aliphatic hydroxyl groups is 1. The van der Waals surface area contributed by atoms with Crippen LogP contribution in [-0.2, 0) is 5.60 Å². The summed E-state index contributed by atoms with van der Waals surface area (Å²) in [5, 5.41) is 11.1. The average Bonchev–Trinajstić information content (AvgIpc) is 3.18. The molecule has 1 N–H and O–H groups in total. The third-order valence-electron chi connectivity index (χ3n) is 7.18. The fourth-order valence-electron chi connectivity index (χ4n) is 5.09. The van der Waals surface area contributed by atoms with Crippen molar-refractivity contribution in [1.82, 2.24) is 19.4 Å². The summed E-state index contributed by atoms with van der Waals surface area (Å²) in [6.45, 7) is 3.33. The van der Waals surface area contributed by atoms with E-state index in [9.17, 15) is 9.90 Å². The number of fused-ring (bicyclic) bond motifs is 3. The average molecular weight is 434 g/mol. The van der Waals surface area contributed by atoms with Crippen molar-refractivity contribution in [3.05, 3.63) is 60.2 Å². The number of benzene rings is 2. The Labute approximate surface area is 188 Å². The number of hydrogen-bond acceptors (Lipinski definition) is 5. The Kier molecular flexibility index (Phi) is 5.39. The second-order valence-corrected chi connectivity index (χ2v) is 9.19. The number of carbonyl (C=O) groups excluding carboxylic acids is 1. The van der Waals surface area contributed by atoms with E-state index in [2.05, 4.69) is 9.80 Å². The van der Waals surface area contributed by atoms with Crippen LogP contribution in [-0.4, -0.2) is 76.8 Å². The predicted molar refractivity (Wildman–Crippen MR) is 126 cm³/mol. The van der Waals surface area contributed by atoms with E-state index in [0.717, 1.165) is 55.5 Å². The predicted octanol–water partition coefficient (Wildman–Crippen LogP) is 3.13. The molecule has 2 aliphatic rings. The second-order valence-electron chi connectivity index (χ2n) is 9.19. The molecule has 2 aliphatic heterocycles. The Bertz CT molecular complexity index is 1100. The minimum Gasteiger partial charge on any atom is -0.385 e. The van der Waals surface area contributed by atoms with Gasteiger partial charge in [0.1, 0.15) is 0 Å². The van der Waals surface area contributed by atoms with Crippen molar-refractivity contribution in [1.29, 1.82) is 0 Å². The fraction of sp³-hybridized carbons (Fsp3) is 0.440. The lowest BCUT2D eigenvalue weighted by Crippen LogP contribution is -2.46. The summed E-state index contributed by atoms with van der Waals surface area (Å²) in [7, 11) is 3.91. The van der Waals surface area contributed by atoms with Crippen LogP contribution in [0, 0.1) is 0 Å². The molecule has 1 aromatic heterocycles. The molecule has 0 aliphatic carbocycles. The topological polar surface area (TPSA) is 64.8 Å². The highest BCUT2D eigenvalue weighted by Crippen LogP contribution is 2.33. The summed E-state index contributed by atoms with van der Waals surface area (Å²) in [6.07, 6.45) is 2.42. The standard InChI is InChI=1S/C25H31N5O2/c1-27-18-20(28(2)23-26-21-10-6-7-11-22(21)30(23)24(27)31)12-15-29-16-13-25(32,14-17-29)19-8-4-3-5-9-19/h3-11,20,32H,12-18H2,1-2H3. The summed E-state index contributed by atoms with van der Waals surface area (Å²) in [6, 6.07) is 18.0. The lowest BCUT2D eigenvalue weighted by molar-refractivity contribution is -0.0263. The normalized spacial score (nSPS) is 21.6. The van der Waals surface area contributed by atoms with Gasteiger partial charge in [-0.3, -0.25) is 0 Å². The molecule has 5 rings (SSSR count). The number of para-hydroxylation sites is 2. The van der Waals surface area contributed by atoms with Crippen LogP contribution in [0.1, 0.15) is 24.8 Å². The maximum atomic E-state index is 13.1. The number of nitrogens with zero attached hydrogens (tertiary/aromatic N) is 5. The monoisotopic (exact) mass is 433 g/mol. The zero-order chi connectivity index (χ0) is 22.3. The lowest BCUT2D eigenvalue weighted by Gasteiger charge is -2.39. The van der Waals surface area contributed by atoms with Gasteiger partial charge in [-0.25, -0.2) is 14.3 Å². The van der Waals surface area contributed by atoms with Gasteiger partial charge in [0, 0.05) is 40.3 Å². The molecular formula is C25H31N5O2. The van der Waals surface area contributed by atoms with Crippen LogP contribution in [0.4, 0.5) is 10.7 Å². The molecule has 3 heterocycles. The van der Waals surface area contributed by atoms with Gasteiger partial charge in [0.15, 0.2) is 0 Å². The number of hydrogen-bond donors (Lipinski definition) is 1. The van der Waals surface area contributed by atoms with Gasteiger partial charge in [0.05, 0.1) is 22.7 Å². The van der Waals surface area contributed by atoms with Crippen LogP contribution < -0.4 is 4.90 Å². The maximum Gasteiger partial charge on any atom is 0.331 e. The van der Waals surface area contributed by atoms with E-state index in [1.165, 1.54) is 0 Å². The van der Waals surface area contributed by atoms with Crippen molar-refractivity contribution in [2.75, 3.05) is 45.2 Å². The van der Waals surface area contributed by atoms with Gasteiger partial charge in [-0.1, -0.05) is 42.5 Å². The molecule has 0 spiro atoms. The van der Waals surface area contributed by atoms with Crippen molar-refractivity contribution >= 4 is 23.0 Å². The Balaban J connectivity index is 1.28. The number of aromatic nitrogens is 2. The van der Waals surface area contributed by atoms with E-state index in [0.29, 0.717) is 12.5 Å². The second kappa shape index (κ2) is 8.22. The minimum absolute atomic E-state index is 0.0334. The first-order valence-electron chi connectivity index (χ1n) is 11.4. The zero-order valence-corrected chi connectivity index (χ0v) is 18.8. The lowest BCUT2D eigenvalue weighted by atomic mass is 9.84. The highest BCUT2D eigenvalue weighted by atomic mass is 16.3. The molecule has 1 amide bonds. The molecule has 1 atom stereocenters. The van der Waals surface area contributed by atoms with Crippen molar-refractivity contribution < 1.29 is 9.90 Å². The van der Waals surface area contributed by atoms with Gasteiger partial charge in [-0.15, -0.1) is 0 Å². The number of amides is 1.